The van der Waals surface area contributed by atoms with Gasteiger partial charge in [-0.05, 0) is 42.2 Å². The van der Waals surface area contributed by atoms with Gasteiger partial charge in [0.05, 0.1) is 11.6 Å². The minimum absolute atomic E-state index is 0.0704. The van der Waals surface area contributed by atoms with Crippen molar-refractivity contribution < 1.29 is 9.13 Å². The van der Waals surface area contributed by atoms with Crippen molar-refractivity contribution in [2.75, 3.05) is 6.61 Å². The molecule has 1 heterocycles. The van der Waals surface area contributed by atoms with Crippen LogP contribution in [0.5, 0.6) is 5.75 Å². The molecule has 2 N–H and O–H groups in total. The molecule has 1 aliphatic rings. The van der Waals surface area contributed by atoms with Crippen LogP contribution in [0, 0.1) is 11.7 Å². The Balaban J connectivity index is 1.69. The maximum absolute atomic E-state index is 13.5. The predicted molar refractivity (Wildman–Crippen MR) is 82.2 cm³/mol. The van der Waals surface area contributed by atoms with Crippen molar-refractivity contribution in [1.82, 2.24) is 0 Å². The summed E-state index contributed by atoms with van der Waals surface area (Å²) in [6, 6.07) is 12.8. The maximum Gasteiger partial charge on any atom is 0.142 e. The van der Waals surface area contributed by atoms with Gasteiger partial charge in [-0.2, -0.15) is 0 Å². The van der Waals surface area contributed by atoms with E-state index >= 15 is 0 Å². The molecule has 0 saturated carbocycles. The lowest BCUT2D eigenvalue weighted by Gasteiger charge is -2.29. The number of fused-ring (bicyclic) bond motifs is 1. The molecular weight excluding hydrogens is 289 g/mol. The molecule has 2 aromatic carbocycles. The minimum atomic E-state index is -0.397. The largest absolute Gasteiger partial charge is 0.493 e. The molecule has 0 spiro atoms. The lowest BCUT2D eigenvalue weighted by atomic mass is 9.87. The SMILES string of the molecule is NC(Cc1ccc(Cl)c(F)c1)C1COc2ccccc2C1. The van der Waals surface area contributed by atoms with Crippen LogP contribution in [0.4, 0.5) is 4.39 Å². The van der Waals surface area contributed by atoms with Crippen molar-refractivity contribution in [2.24, 2.45) is 11.7 Å². The maximum atomic E-state index is 13.5. The highest BCUT2D eigenvalue weighted by atomic mass is 35.5. The summed E-state index contributed by atoms with van der Waals surface area (Å²) >= 11 is 5.70. The zero-order valence-corrected chi connectivity index (χ0v) is 12.3. The number of rotatable bonds is 3. The second kappa shape index (κ2) is 6.04. The predicted octanol–water partition coefficient (Wildman–Crippen LogP) is 3.60. The van der Waals surface area contributed by atoms with Crippen LogP contribution in [-0.4, -0.2) is 12.6 Å². The minimum Gasteiger partial charge on any atom is -0.493 e. The Morgan fingerprint density at radius 1 is 1.29 bits per heavy atom. The van der Waals surface area contributed by atoms with Crippen LogP contribution in [0.3, 0.4) is 0 Å². The smallest absolute Gasteiger partial charge is 0.142 e. The normalized spacial score (nSPS) is 18.7. The van der Waals surface area contributed by atoms with Crippen molar-refractivity contribution in [3.8, 4) is 5.75 Å². The van der Waals surface area contributed by atoms with Crippen LogP contribution >= 0.6 is 11.6 Å². The molecule has 3 rings (SSSR count). The van der Waals surface area contributed by atoms with Crippen LogP contribution in [-0.2, 0) is 12.8 Å². The summed E-state index contributed by atoms with van der Waals surface area (Å²) in [7, 11) is 0. The first kappa shape index (κ1) is 14.4. The number of benzene rings is 2. The van der Waals surface area contributed by atoms with Crippen LogP contribution in [0.25, 0.3) is 0 Å². The fraction of sp³-hybridized carbons (Fsp3) is 0.294. The number of halogens is 2. The molecule has 1 aliphatic heterocycles. The molecule has 0 amide bonds. The first-order chi connectivity index (χ1) is 10.1. The van der Waals surface area contributed by atoms with Crippen molar-refractivity contribution in [1.29, 1.82) is 0 Å². The lowest BCUT2D eigenvalue weighted by Crippen LogP contribution is -2.39. The number of ether oxygens (including phenoxy) is 1. The molecule has 0 bridgehead atoms. The number of hydrogen-bond acceptors (Lipinski definition) is 2. The average Bonchev–Trinajstić information content (AvgIpc) is 2.50. The Hall–Kier alpha value is -1.58. The third-order valence-corrected chi connectivity index (χ3v) is 4.28. The standard InChI is InChI=1S/C17H17ClFNO/c18-14-6-5-11(7-15(14)19)8-16(20)13-9-12-3-1-2-4-17(12)21-10-13/h1-7,13,16H,8-10,20H2. The highest BCUT2D eigenvalue weighted by molar-refractivity contribution is 6.30. The molecule has 0 radical (unpaired) electrons. The molecule has 4 heteroatoms. The van der Waals surface area contributed by atoms with E-state index in [1.54, 1.807) is 6.07 Å². The first-order valence-electron chi connectivity index (χ1n) is 7.03. The second-order valence-electron chi connectivity index (χ2n) is 5.50. The third-order valence-electron chi connectivity index (χ3n) is 3.97. The van der Waals surface area contributed by atoms with Gasteiger partial charge in [-0.1, -0.05) is 35.9 Å². The summed E-state index contributed by atoms with van der Waals surface area (Å²) in [6.45, 7) is 0.605. The molecule has 0 fully saturated rings. The van der Waals surface area contributed by atoms with Gasteiger partial charge in [0.25, 0.3) is 0 Å². The van der Waals surface area contributed by atoms with Crippen LogP contribution in [0.2, 0.25) is 5.02 Å². The van der Waals surface area contributed by atoms with Gasteiger partial charge >= 0.3 is 0 Å². The molecule has 2 unspecified atom stereocenters. The quantitative estimate of drug-likeness (QED) is 0.940. The zero-order chi connectivity index (χ0) is 14.8. The molecule has 0 aliphatic carbocycles. The number of hydrogen-bond donors (Lipinski definition) is 1. The Morgan fingerprint density at radius 3 is 2.90 bits per heavy atom. The summed E-state index contributed by atoms with van der Waals surface area (Å²) in [4.78, 5) is 0. The number of para-hydroxylation sites is 1. The van der Waals surface area contributed by atoms with Gasteiger partial charge in [-0.15, -0.1) is 0 Å². The van der Waals surface area contributed by atoms with Crippen molar-refractivity contribution >= 4 is 11.6 Å². The van der Waals surface area contributed by atoms with Crippen molar-refractivity contribution in [2.45, 2.75) is 18.9 Å². The molecule has 2 nitrogen and oxygen atoms in total. The van der Waals surface area contributed by atoms with Gasteiger partial charge in [0.1, 0.15) is 11.6 Å². The fourth-order valence-electron chi connectivity index (χ4n) is 2.73. The number of nitrogens with two attached hydrogens (primary N) is 1. The topological polar surface area (TPSA) is 35.2 Å². The average molecular weight is 306 g/mol. The summed E-state index contributed by atoms with van der Waals surface area (Å²) in [6.07, 6.45) is 1.51. The first-order valence-corrected chi connectivity index (χ1v) is 7.41. The summed E-state index contributed by atoms with van der Waals surface area (Å²) in [5.41, 5.74) is 8.34. The highest BCUT2D eigenvalue weighted by Crippen LogP contribution is 2.28. The summed E-state index contributed by atoms with van der Waals surface area (Å²) in [5, 5.41) is 0.141. The second-order valence-corrected chi connectivity index (χ2v) is 5.91. The Morgan fingerprint density at radius 2 is 2.10 bits per heavy atom. The van der Waals surface area contributed by atoms with Gasteiger partial charge in [-0.25, -0.2) is 4.39 Å². The van der Waals surface area contributed by atoms with Crippen molar-refractivity contribution in [3.63, 3.8) is 0 Å². The van der Waals surface area contributed by atoms with Crippen LogP contribution in [0.15, 0.2) is 42.5 Å². The fourth-order valence-corrected chi connectivity index (χ4v) is 2.85. The molecule has 0 aromatic heterocycles. The van der Waals surface area contributed by atoms with Gasteiger partial charge in [0, 0.05) is 12.0 Å². The highest BCUT2D eigenvalue weighted by Gasteiger charge is 2.25. The lowest BCUT2D eigenvalue weighted by molar-refractivity contribution is 0.199. The molecule has 110 valence electrons. The summed E-state index contributed by atoms with van der Waals surface area (Å²) in [5.74, 6) is 0.781. The van der Waals surface area contributed by atoms with E-state index in [1.807, 2.05) is 24.3 Å². The molecule has 2 atom stereocenters. The van der Waals surface area contributed by atoms with E-state index in [0.29, 0.717) is 13.0 Å². The van der Waals surface area contributed by atoms with Gasteiger partial charge < -0.3 is 10.5 Å². The van der Waals surface area contributed by atoms with Gasteiger partial charge in [0.15, 0.2) is 0 Å². The Bertz CT molecular complexity index is 646. The van der Waals surface area contributed by atoms with Gasteiger partial charge in [-0.3, -0.25) is 0 Å². The van der Waals surface area contributed by atoms with E-state index in [1.165, 1.54) is 11.6 Å². The van der Waals surface area contributed by atoms with Crippen LogP contribution < -0.4 is 10.5 Å². The molecule has 0 saturated heterocycles. The molecule has 2 aromatic rings. The van der Waals surface area contributed by atoms with E-state index in [9.17, 15) is 4.39 Å². The Labute approximate surface area is 128 Å². The van der Waals surface area contributed by atoms with Crippen molar-refractivity contribution in [3.05, 3.63) is 64.4 Å². The van der Waals surface area contributed by atoms with E-state index in [0.717, 1.165) is 17.7 Å². The zero-order valence-electron chi connectivity index (χ0n) is 11.6. The molecular formula is C17H17ClFNO. The summed E-state index contributed by atoms with van der Waals surface area (Å²) < 4.78 is 19.2. The molecule has 21 heavy (non-hydrogen) atoms. The van der Waals surface area contributed by atoms with E-state index in [4.69, 9.17) is 22.1 Å². The monoisotopic (exact) mass is 305 g/mol. The third kappa shape index (κ3) is 3.20. The van der Waals surface area contributed by atoms with E-state index in [-0.39, 0.29) is 17.0 Å². The van der Waals surface area contributed by atoms with E-state index in [2.05, 4.69) is 6.07 Å². The Kier molecular flexibility index (Phi) is 4.13. The van der Waals surface area contributed by atoms with Crippen LogP contribution in [0.1, 0.15) is 11.1 Å². The van der Waals surface area contributed by atoms with Gasteiger partial charge in [0.2, 0.25) is 0 Å². The van der Waals surface area contributed by atoms with E-state index < -0.39 is 5.82 Å².